The molecule has 0 aromatic carbocycles. The summed E-state index contributed by atoms with van der Waals surface area (Å²) in [6.45, 7) is 9.93. The van der Waals surface area contributed by atoms with Crippen LogP contribution in [-0.4, -0.2) is 0 Å². The van der Waals surface area contributed by atoms with Crippen molar-refractivity contribution in [1.29, 1.82) is 0 Å². The van der Waals surface area contributed by atoms with E-state index in [4.69, 9.17) is 0 Å². The van der Waals surface area contributed by atoms with Crippen LogP contribution in [0.3, 0.4) is 0 Å². The van der Waals surface area contributed by atoms with Crippen LogP contribution in [0.2, 0.25) is 0 Å². The molecule has 16 heavy (non-hydrogen) atoms. The van der Waals surface area contributed by atoms with Gasteiger partial charge in [-0.15, -0.1) is 0 Å². The lowest BCUT2D eigenvalue weighted by Gasteiger charge is -2.52. The normalized spacial score (nSPS) is 38.8. The van der Waals surface area contributed by atoms with Crippen molar-refractivity contribution in [3.8, 4) is 0 Å². The van der Waals surface area contributed by atoms with Crippen molar-refractivity contribution in [2.75, 3.05) is 0 Å². The summed E-state index contributed by atoms with van der Waals surface area (Å²) in [5, 5.41) is 0. The molecule has 0 N–H and O–H groups in total. The average Bonchev–Trinajstić information content (AvgIpc) is 2.86. The Morgan fingerprint density at radius 1 is 0.812 bits per heavy atom. The summed E-state index contributed by atoms with van der Waals surface area (Å²) < 4.78 is 0. The Morgan fingerprint density at radius 2 is 1.19 bits per heavy atom. The first-order valence-corrected chi connectivity index (χ1v) is 6.87. The summed E-state index contributed by atoms with van der Waals surface area (Å²) in [6, 6.07) is 0. The van der Waals surface area contributed by atoms with Crippen LogP contribution in [0.4, 0.5) is 0 Å². The molecule has 1 saturated carbocycles. The van der Waals surface area contributed by atoms with Gasteiger partial charge in [-0.2, -0.15) is 0 Å². The van der Waals surface area contributed by atoms with E-state index < -0.39 is 0 Å². The van der Waals surface area contributed by atoms with E-state index in [0.29, 0.717) is 10.8 Å². The van der Waals surface area contributed by atoms with Crippen LogP contribution in [0.1, 0.15) is 53.4 Å². The monoisotopic (exact) mass is 216 g/mol. The average molecular weight is 216 g/mol. The maximum Gasteiger partial charge on any atom is -0.00759 e. The highest BCUT2D eigenvalue weighted by atomic mass is 14.6. The van der Waals surface area contributed by atoms with Crippen molar-refractivity contribution in [2.45, 2.75) is 53.4 Å². The fraction of sp³-hybridized carbons (Fsp3) is 0.750. The first-order valence-electron chi connectivity index (χ1n) is 6.87. The second-order valence-electron chi connectivity index (χ2n) is 7.02. The van der Waals surface area contributed by atoms with Gasteiger partial charge < -0.3 is 0 Å². The zero-order chi connectivity index (χ0) is 11.6. The molecule has 0 bridgehead atoms. The van der Waals surface area contributed by atoms with Gasteiger partial charge in [0.2, 0.25) is 0 Å². The minimum Gasteiger partial charge on any atom is -0.0844 e. The third-order valence-corrected chi connectivity index (χ3v) is 5.62. The second kappa shape index (κ2) is 3.03. The predicted octanol–water partition coefficient (Wildman–Crippen LogP) is 4.73. The summed E-state index contributed by atoms with van der Waals surface area (Å²) in [4.78, 5) is 0. The van der Waals surface area contributed by atoms with Crippen molar-refractivity contribution in [1.82, 2.24) is 0 Å². The van der Waals surface area contributed by atoms with E-state index in [9.17, 15) is 0 Å². The van der Waals surface area contributed by atoms with Crippen LogP contribution in [0, 0.1) is 22.7 Å². The summed E-state index contributed by atoms with van der Waals surface area (Å²) in [5.74, 6) is 1.64. The van der Waals surface area contributed by atoms with E-state index in [2.05, 4.69) is 39.8 Å². The molecule has 3 aliphatic carbocycles. The molecule has 0 aromatic rings. The molecule has 0 amide bonds. The number of hydrogen-bond donors (Lipinski definition) is 0. The molecule has 0 aliphatic heterocycles. The zero-order valence-corrected chi connectivity index (χ0v) is 11.1. The minimum absolute atomic E-state index is 0.430. The molecular formula is C16H24. The van der Waals surface area contributed by atoms with Gasteiger partial charge >= 0.3 is 0 Å². The largest absolute Gasteiger partial charge is 0.0844 e. The third-order valence-electron chi connectivity index (χ3n) is 5.62. The van der Waals surface area contributed by atoms with Crippen molar-refractivity contribution in [3.63, 3.8) is 0 Å². The van der Waals surface area contributed by atoms with E-state index in [1.54, 1.807) is 11.1 Å². The zero-order valence-electron chi connectivity index (χ0n) is 11.1. The number of allylic oxidation sites excluding steroid dienone is 4. The molecule has 3 rings (SSSR count). The van der Waals surface area contributed by atoms with Gasteiger partial charge in [0.05, 0.1) is 0 Å². The van der Waals surface area contributed by atoms with Gasteiger partial charge in [0, 0.05) is 0 Å². The van der Waals surface area contributed by atoms with Gasteiger partial charge in [-0.3, -0.25) is 0 Å². The molecule has 3 aliphatic rings. The Bertz CT molecular complexity index is 341. The molecule has 0 heterocycles. The van der Waals surface area contributed by atoms with E-state index in [-0.39, 0.29) is 0 Å². The Kier molecular flexibility index (Phi) is 2.01. The molecule has 0 saturated heterocycles. The van der Waals surface area contributed by atoms with Crippen LogP contribution in [-0.2, 0) is 0 Å². The Balaban J connectivity index is 2.14. The summed E-state index contributed by atoms with van der Waals surface area (Å²) >= 11 is 0. The quantitative estimate of drug-likeness (QED) is 0.514. The second-order valence-corrected chi connectivity index (χ2v) is 7.02. The van der Waals surface area contributed by atoms with E-state index in [0.717, 1.165) is 11.8 Å². The minimum atomic E-state index is 0.430. The van der Waals surface area contributed by atoms with Crippen molar-refractivity contribution < 1.29 is 0 Å². The molecular weight excluding hydrogens is 192 g/mol. The van der Waals surface area contributed by atoms with Crippen LogP contribution < -0.4 is 0 Å². The molecule has 2 unspecified atom stereocenters. The van der Waals surface area contributed by atoms with E-state index in [1.807, 2.05) is 0 Å². The molecule has 1 fully saturated rings. The summed E-state index contributed by atoms with van der Waals surface area (Å²) in [7, 11) is 0. The summed E-state index contributed by atoms with van der Waals surface area (Å²) in [6.07, 6.45) is 10.5. The van der Waals surface area contributed by atoms with Gasteiger partial charge in [0.25, 0.3) is 0 Å². The molecule has 0 heteroatoms. The fourth-order valence-electron chi connectivity index (χ4n) is 4.73. The van der Waals surface area contributed by atoms with Gasteiger partial charge in [0.15, 0.2) is 0 Å². The fourth-order valence-corrected chi connectivity index (χ4v) is 4.73. The summed E-state index contributed by atoms with van der Waals surface area (Å²) in [5.41, 5.74) is 4.42. The third kappa shape index (κ3) is 1.11. The van der Waals surface area contributed by atoms with Gasteiger partial charge in [-0.05, 0) is 48.3 Å². The van der Waals surface area contributed by atoms with Crippen molar-refractivity contribution in [2.24, 2.45) is 22.7 Å². The molecule has 0 radical (unpaired) electrons. The number of rotatable bonds is 0. The van der Waals surface area contributed by atoms with Crippen LogP contribution >= 0.6 is 0 Å². The van der Waals surface area contributed by atoms with Crippen LogP contribution in [0.25, 0.3) is 0 Å². The molecule has 0 spiro atoms. The van der Waals surface area contributed by atoms with E-state index >= 15 is 0 Å². The smallest absolute Gasteiger partial charge is 0.00759 e. The maximum atomic E-state index is 2.56. The predicted molar refractivity (Wildman–Crippen MR) is 69.2 cm³/mol. The molecule has 88 valence electrons. The Hall–Kier alpha value is -0.520. The van der Waals surface area contributed by atoms with Crippen LogP contribution in [0.15, 0.2) is 23.3 Å². The van der Waals surface area contributed by atoms with Crippen molar-refractivity contribution in [3.05, 3.63) is 23.3 Å². The topological polar surface area (TPSA) is 0 Å². The van der Waals surface area contributed by atoms with E-state index in [1.165, 1.54) is 25.7 Å². The molecule has 0 nitrogen and oxygen atoms in total. The molecule has 0 aromatic heterocycles. The maximum absolute atomic E-state index is 2.56. The lowest BCUT2D eigenvalue weighted by Crippen LogP contribution is -2.43. The van der Waals surface area contributed by atoms with Gasteiger partial charge in [-0.1, -0.05) is 51.0 Å². The van der Waals surface area contributed by atoms with Gasteiger partial charge in [-0.25, -0.2) is 0 Å². The number of hydrogen-bond acceptors (Lipinski definition) is 0. The Labute approximate surface area is 99.8 Å². The highest BCUT2D eigenvalue weighted by molar-refractivity contribution is 5.39. The lowest BCUT2D eigenvalue weighted by molar-refractivity contribution is 0.142. The lowest BCUT2D eigenvalue weighted by atomic mass is 9.52. The van der Waals surface area contributed by atoms with Gasteiger partial charge in [0.1, 0.15) is 0 Å². The highest BCUT2D eigenvalue weighted by Gasteiger charge is 2.53. The SMILES string of the molecule is CC1(C)C2=CCCC2C(C)(C)C2=CCCC21. The molecule has 2 atom stereocenters. The number of fused-ring (bicyclic) bond motifs is 2. The Morgan fingerprint density at radius 3 is 1.56 bits per heavy atom. The first kappa shape index (κ1) is 10.6. The van der Waals surface area contributed by atoms with Crippen LogP contribution in [0.5, 0.6) is 0 Å². The highest BCUT2D eigenvalue weighted by Crippen LogP contribution is 2.63. The standard InChI is InChI=1S/C16H24/c1-15(2)11-7-5-9-13(11)16(3,4)14-10-6-8-12(14)15/h7,10,12-13H,5-6,8-9H2,1-4H3. The van der Waals surface area contributed by atoms with Crippen molar-refractivity contribution >= 4 is 0 Å². The first-order chi connectivity index (χ1) is 7.45.